The van der Waals surface area contributed by atoms with E-state index in [1.54, 1.807) is 0 Å². The Morgan fingerprint density at radius 1 is 1.24 bits per heavy atom. The molecule has 0 saturated heterocycles. The molecule has 17 heavy (non-hydrogen) atoms. The quantitative estimate of drug-likeness (QED) is 0.828. The van der Waals surface area contributed by atoms with E-state index in [1.165, 1.54) is 29.3 Å². The maximum absolute atomic E-state index is 4.16. The van der Waals surface area contributed by atoms with Crippen LogP contribution in [0.3, 0.4) is 0 Å². The van der Waals surface area contributed by atoms with Crippen molar-refractivity contribution in [2.24, 2.45) is 0 Å². The van der Waals surface area contributed by atoms with E-state index < -0.39 is 0 Å². The number of rotatable bonds is 5. The van der Waals surface area contributed by atoms with Crippen LogP contribution in [0.1, 0.15) is 33.1 Å². The molecule has 2 heteroatoms. The first-order chi connectivity index (χ1) is 8.35. The molecule has 1 atom stereocenters. The Bertz CT molecular complexity index is 474. The van der Waals surface area contributed by atoms with Crippen LogP contribution in [0.15, 0.2) is 36.7 Å². The highest BCUT2D eigenvalue weighted by molar-refractivity contribution is 5.93. The monoisotopic (exact) mass is 228 g/mol. The van der Waals surface area contributed by atoms with Gasteiger partial charge < -0.3 is 5.32 Å². The van der Waals surface area contributed by atoms with Crippen LogP contribution < -0.4 is 5.32 Å². The van der Waals surface area contributed by atoms with Crippen LogP contribution in [-0.4, -0.2) is 11.0 Å². The molecular formula is C15H20N2. The van der Waals surface area contributed by atoms with Crippen LogP contribution >= 0.6 is 0 Å². The summed E-state index contributed by atoms with van der Waals surface area (Å²) in [6, 6.07) is 9.00. The molecule has 2 aromatic rings. The Morgan fingerprint density at radius 3 is 2.88 bits per heavy atom. The lowest BCUT2D eigenvalue weighted by atomic mass is 10.1. The molecule has 0 aliphatic heterocycles. The minimum atomic E-state index is 0.568. The molecule has 1 heterocycles. The molecule has 0 amide bonds. The summed E-state index contributed by atoms with van der Waals surface area (Å²) < 4.78 is 0. The van der Waals surface area contributed by atoms with E-state index in [1.807, 2.05) is 12.4 Å². The molecule has 0 aliphatic carbocycles. The van der Waals surface area contributed by atoms with Crippen LogP contribution in [0.4, 0.5) is 5.69 Å². The number of anilines is 1. The highest BCUT2D eigenvalue weighted by Gasteiger charge is 2.06. The summed E-state index contributed by atoms with van der Waals surface area (Å²) in [5, 5.41) is 6.10. The second kappa shape index (κ2) is 5.67. The van der Waals surface area contributed by atoms with E-state index in [0.717, 1.165) is 6.42 Å². The van der Waals surface area contributed by atoms with Crippen molar-refractivity contribution < 1.29 is 0 Å². The number of hydrogen-bond donors (Lipinski definition) is 1. The van der Waals surface area contributed by atoms with Crippen LogP contribution in [0, 0.1) is 0 Å². The fourth-order valence-corrected chi connectivity index (χ4v) is 2.20. The predicted molar refractivity (Wildman–Crippen MR) is 74.4 cm³/mol. The van der Waals surface area contributed by atoms with E-state index in [4.69, 9.17) is 0 Å². The van der Waals surface area contributed by atoms with Gasteiger partial charge in [0.2, 0.25) is 0 Å². The zero-order valence-electron chi connectivity index (χ0n) is 10.6. The summed E-state index contributed by atoms with van der Waals surface area (Å²) in [5.74, 6) is 0. The molecule has 1 aromatic carbocycles. The second-order valence-electron chi connectivity index (χ2n) is 4.44. The molecule has 1 aromatic heterocycles. The lowest BCUT2D eigenvalue weighted by Gasteiger charge is -2.18. The molecule has 2 nitrogen and oxygen atoms in total. The molecule has 0 radical (unpaired) electrons. The number of hydrogen-bond acceptors (Lipinski definition) is 2. The van der Waals surface area contributed by atoms with Gasteiger partial charge in [-0.3, -0.25) is 4.98 Å². The molecule has 1 N–H and O–H groups in total. The van der Waals surface area contributed by atoms with Crippen molar-refractivity contribution in [2.45, 2.75) is 39.2 Å². The van der Waals surface area contributed by atoms with Gasteiger partial charge in [-0.1, -0.05) is 32.4 Å². The highest BCUT2D eigenvalue weighted by atomic mass is 14.9. The Balaban J connectivity index is 2.28. The maximum Gasteiger partial charge on any atom is 0.0423 e. The number of nitrogens with one attached hydrogen (secondary N) is 1. The summed E-state index contributed by atoms with van der Waals surface area (Å²) in [7, 11) is 0. The van der Waals surface area contributed by atoms with Crippen molar-refractivity contribution in [2.75, 3.05) is 5.32 Å². The van der Waals surface area contributed by atoms with E-state index >= 15 is 0 Å². The van der Waals surface area contributed by atoms with Crippen LogP contribution in [0.25, 0.3) is 10.8 Å². The topological polar surface area (TPSA) is 24.9 Å². The van der Waals surface area contributed by atoms with Crippen molar-refractivity contribution in [3.63, 3.8) is 0 Å². The first kappa shape index (κ1) is 11.9. The summed E-state index contributed by atoms with van der Waals surface area (Å²) in [6.45, 7) is 4.47. The molecule has 0 fully saturated rings. The number of pyridine rings is 1. The van der Waals surface area contributed by atoms with Gasteiger partial charge >= 0.3 is 0 Å². The molecular weight excluding hydrogens is 208 g/mol. The molecule has 0 saturated carbocycles. The Kier molecular flexibility index (Phi) is 3.97. The zero-order valence-corrected chi connectivity index (χ0v) is 10.6. The van der Waals surface area contributed by atoms with Gasteiger partial charge in [0.25, 0.3) is 0 Å². The minimum absolute atomic E-state index is 0.568. The molecule has 0 spiro atoms. The number of aromatic nitrogens is 1. The highest BCUT2D eigenvalue weighted by Crippen LogP contribution is 2.23. The smallest absolute Gasteiger partial charge is 0.0423 e. The average molecular weight is 228 g/mol. The predicted octanol–water partition coefficient (Wildman–Crippen LogP) is 4.23. The van der Waals surface area contributed by atoms with Crippen molar-refractivity contribution in [3.8, 4) is 0 Å². The van der Waals surface area contributed by atoms with E-state index in [-0.39, 0.29) is 0 Å². The zero-order chi connectivity index (χ0) is 12.1. The maximum atomic E-state index is 4.16. The third kappa shape index (κ3) is 2.76. The lowest BCUT2D eigenvalue weighted by Crippen LogP contribution is -2.18. The van der Waals surface area contributed by atoms with E-state index in [0.29, 0.717) is 6.04 Å². The molecule has 1 unspecified atom stereocenters. The molecule has 2 rings (SSSR count). The summed E-state index contributed by atoms with van der Waals surface area (Å²) in [6.07, 6.45) is 7.38. The average Bonchev–Trinajstić information content (AvgIpc) is 2.38. The number of nitrogens with zero attached hydrogens (tertiary/aromatic N) is 1. The Hall–Kier alpha value is -1.57. The van der Waals surface area contributed by atoms with Crippen LogP contribution in [0.2, 0.25) is 0 Å². The minimum Gasteiger partial charge on any atom is -0.382 e. The largest absolute Gasteiger partial charge is 0.382 e. The van der Waals surface area contributed by atoms with Gasteiger partial charge in [-0.05, 0) is 25.0 Å². The SMILES string of the molecule is CCCC(CC)Nc1cccc2cnccc12. The van der Waals surface area contributed by atoms with Crippen molar-refractivity contribution in [1.82, 2.24) is 4.98 Å². The molecule has 90 valence electrons. The Labute approximate surface area is 103 Å². The lowest BCUT2D eigenvalue weighted by molar-refractivity contribution is 0.623. The van der Waals surface area contributed by atoms with Gasteiger partial charge in [0, 0.05) is 34.9 Å². The standard InChI is InChI=1S/C15H20N2/c1-3-6-13(4-2)17-15-8-5-7-12-11-16-10-9-14(12)15/h5,7-11,13,17H,3-4,6H2,1-2H3. The van der Waals surface area contributed by atoms with Gasteiger partial charge in [-0.2, -0.15) is 0 Å². The fraction of sp³-hybridized carbons (Fsp3) is 0.400. The van der Waals surface area contributed by atoms with Gasteiger partial charge in [0.1, 0.15) is 0 Å². The summed E-state index contributed by atoms with van der Waals surface area (Å²) >= 11 is 0. The van der Waals surface area contributed by atoms with Crippen LogP contribution in [-0.2, 0) is 0 Å². The van der Waals surface area contributed by atoms with E-state index in [9.17, 15) is 0 Å². The van der Waals surface area contributed by atoms with Crippen LogP contribution in [0.5, 0.6) is 0 Å². The third-order valence-corrected chi connectivity index (χ3v) is 3.17. The van der Waals surface area contributed by atoms with Gasteiger partial charge in [0.05, 0.1) is 0 Å². The second-order valence-corrected chi connectivity index (χ2v) is 4.44. The number of fused-ring (bicyclic) bond motifs is 1. The van der Waals surface area contributed by atoms with Gasteiger partial charge in [-0.25, -0.2) is 0 Å². The van der Waals surface area contributed by atoms with Crippen molar-refractivity contribution in [1.29, 1.82) is 0 Å². The Morgan fingerprint density at radius 2 is 2.12 bits per heavy atom. The number of benzene rings is 1. The van der Waals surface area contributed by atoms with Crippen molar-refractivity contribution in [3.05, 3.63) is 36.7 Å². The summed E-state index contributed by atoms with van der Waals surface area (Å²) in [4.78, 5) is 4.16. The van der Waals surface area contributed by atoms with Crippen molar-refractivity contribution >= 4 is 16.5 Å². The van der Waals surface area contributed by atoms with Gasteiger partial charge in [0.15, 0.2) is 0 Å². The fourth-order valence-electron chi connectivity index (χ4n) is 2.20. The van der Waals surface area contributed by atoms with E-state index in [2.05, 4.69) is 48.4 Å². The first-order valence-electron chi connectivity index (χ1n) is 6.44. The third-order valence-electron chi connectivity index (χ3n) is 3.17. The summed E-state index contributed by atoms with van der Waals surface area (Å²) in [5.41, 5.74) is 1.23. The molecule has 0 aliphatic rings. The normalized spacial score (nSPS) is 12.6. The van der Waals surface area contributed by atoms with Gasteiger partial charge in [-0.15, -0.1) is 0 Å². The molecule has 0 bridgehead atoms. The first-order valence-corrected chi connectivity index (χ1v) is 6.44.